The first-order valence-corrected chi connectivity index (χ1v) is 8.51. The van der Waals surface area contributed by atoms with Crippen molar-refractivity contribution in [2.45, 2.75) is 46.1 Å². The molecule has 5 nitrogen and oxygen atoms in total. The van der Waals surface area contributed by atoms with Crippen LogP contribution in [0.5, 0.6) is 0 Å². The molecule has 0 rings (SSSR count). The molecule has 1 unspecified atom stereocenters. The van der Waals surface area contributed by atoms with Crippen LogP contribution in [-0.2, 0) is 9.47 Å². The fourth-order valence-corrected chi connectivity index (χ4v) is 1.98. The lowest BCUT2D eigenvalue weighted by Gasteiger charge is -2.18. The fourth-order valence-electron chi connectivity index (χ4n) is 1.98. The largest absolute Gasteiger partial charge is 0.389 e. The van der Waals surface area contributed by atoms with E-state index < -0.39 is 6.10 Å². The maximum atomic E-state index is 9.75. The van der Waals surface area contributed by atoms with Gasteiger partial charge in [-0.2, -0.15) is 0 Å². The van der Waals surface area contributed by atoms with Crippen molar-refractivity contribution in [2.75, 3.05) is 59.2 Å². The molecule has 0 fully saturated rings. The van der Waals surface area contributed by atoms with Crippen molar-refractivity contribution >= 4 is 0 Å². The minimum Gasteiger partial charge on any atom is -0.389 e. The first-order valence-electron chi connectivity index (χ1n) is 8.51. The number of nitrogens with one attached hydrogen (secondary N) is 1. The number of hydrogen-bond donors (Lipinski definition) is 2. The number of aliphatic hydroxyl groups excluding tert-OH is 1. The van der Waals surface area contributed by atoms with Crippen molar-refractivity contribution in [3.8, 4) is 0 Å². The first-order chi connectivity index (χ1) is 10.2. The van der Waals surface area contributed by atoms with E-state index in [-0.39, 0.29) is 0 Å². The van der Waals surface area contributed by atoms with Crippen LogP contribution in [0, 0.1) is 0 Å². The minimum atomic E-state index is -0.436. The molecular weight excluding hydrogens is 268 g/mol. The second kappa shape index (κ2) is 16.2. The molecule has 0 bridgehead atoms. The summed E-state index contributed by atoms with van der Waals surface area (Å²) in [6.07, 6.45) is 2.93. The van der Waals surface area contributed by atoms with Crippen molar-refractivity contribution in [1.29, 1.82) is 0 Å². The fraction of sp³-hybridized carbons (Fsp3) is 1.00. The number of ether oxygens (including phenoxy) is 2. The molecule has 0 aliphatic heterocycles. The van der Waals surface area contributed by atoms with E-state index in [4.69, 9.17) is 9.47 Å². The highest BCUT2D eigenvalue weighted by atomic mass is 16.5. The third-order valence-corrected chi connectivity index (χ3v) is 3.43. The maximum Gasteiger partial charge on any atom is 0.0897 e. The molecule has 0 amide bonds. The van der Waals surface area contributed by atoms with Gasteiger partial charge in [-0.3, -0.25) is 0 Å². The van der Waals surface area contributed by atoms with Crippen molar-refractivity contribution in [3.63, 3.8) is 0 Å². The molecule has 0 heterocycles. The van der Waals surface area contributed by atoms with Gasteiger partial charge in [0.05, 0.1) is 25.9 Å². The molecular formula is C16H36N2O3. The summed E-state index contributed by atoms with van der Waals surface area (Å²) in [5.41, 5.74) is 0. The van der Waals surface area contributed by atoms with Gasteiger partial charge in [0, 0.05) is 13.2 Å². The van der Waals surface area contributed by atoms with E-state index in [0.29, 0.717) is 26.4 Å². The summed E-state index contributed by atoms with van der Waals surface area (Å²) in [5, 5.41) is 13.0. The Morgan fingerprint density at radius 1 is 1.00 bits per heavy atom. The Kier molecular flexibility index (Phi) is 16.0. The quantitative estimate of drug-likeness (QED) is 0.423. The van der Waals surface area contributed by atoms with Crippen LogP contribution < -0.4 is 5.32 Å². The molecule has 0 spiro atoms. The molecule has 0 saturated carbocycles. The zero-order valence-corrected chi connectivity index (χ0v) is 14.3. The molecule has 0 aliphatic rings. The predicted molar refractivity (Wildman–Crippen MR) is 87.8 cm³/mol. The van der Waals surface area contributed by atoms with E-state index >= 15 is 0 Å². The summed E-state index contributed by atoms with van der Waals surface area (Å²) in [6, 6.07) is 0. The van der Waals surface area contributed by atoms with Crippen molar-refractivity contribution in [1.82, 2.24) is 10.2 Å². The molecule has 21 heavy (non-hydrogen) atoms. The molecule has 1 atom stereocenters. The molecule has 0 aromatic carbocycles. The van der Waals surface area contributed by atoms with Crippen LogP contribution in [0.2, 0.25) is 0 Å². The number of nitrogens with zero attached hydrogens (tertiary/aromatic N) is 1. The summed E-state index contributed by atoms with van der Waals surface area (Å²) in [4.78, 5) is 2.40. The average molecular weight is 304 g/mol. The van der Waals surface area contributed by atoms with Crippen LogP contribution >= 0.6 is 0 Å². The van der Waals surface area contributed by atoms with Gasteiger partial charge in [0.2, 0.25) is 0 Å². The number of aliphatic hydroxyl groups is 1. The van der Waals surface area contributed by atoms with Crippen LogP contribution in [0.3, 0.4) is 0 Å². The van der Waals surface area contributed by atoms with Gasteiger partial charge in [-0.1, -0.05) is 27.2 Å². The van der Waals surface area contributed by atoms with Gasteiger partial charge in [0.25, 0.3) is 0 Å². The SMILES string of the molecule is CCCCOCCOCC(O)CNCCCN(CC)CC. The minimum absolute atomic E-state index is 0.375. The Labute approximate surface area is 131 Å². The Morgan fingerprint density at radius 3 is 2.38 bits per heavy atom. The Balaban J connectivity index is 3.25. The molecule has 0 aromatic rings. The second-order valence-corrected chi connectivity index (χ2v) is 5.28. The Morgan fingerprint density at radius 2 is 1.71 bits per heavy atom. The van der Waals surface area contributed by atoms with E-state index in [1.807, 2.05) is 0 Å². The van der Waals surface area contributed by atoms with Crippen molar-refractivity contribution < 1.29 is 14.6 Å². The summed E-state index contributed by atoms with van der Waals surface area (Å²) < 4.78 is 10.8. The highest BCUT2D eigenvalue weighted by molar-refractivity contribution is 4.60. The summed E-state index contributed by atoms with van der Waals surface area (Å²) >= 11 is 0. The summed E-state index contributed by atoms with van der Waals surface area (Å²) in [5.74, 6) is 0. The van der Waals surface area contributed by atoms with Gasteiger partial charge in [0.15, 0.2) is 0 Å². The topological polar surface area (TPSA) is 54.0 Å². The summed E-state index contributed by atoms with van der Waals surface area (Å²) in [6.45, 7) is 13.7. The van der Waals surface area contributed by atoms with Crippen LogP contribution in [0.4, 0.5) is 0 Å². The van der Waals surface area contributed by atoms with E-state index in [1.165, 1.54) is 0 Å². The zero-order valence-electron chi connectivity index (χ0n) is 14.3. The molecule has 5 heteroatoms. The average Bonchev–Trinajstić information content (AvgIpc) is 2.50. The van der Waals surface area contributed by atoms with Crippen LogP contribution in [0.25, 0.3) is 0 Å². The lowest BCUT2D eigenvalue weighted by Crippen LogP contribution is -2.33. The van der Waals surface area contributed by atoms with Gasteiger partial charge in [0.1, 0.15) is 0 Å². The smallest absolute Gasteiger partial charge is 0.0897 e. The molecule has 0 aliphatic carbocycles. The van der Waals surface area contributed by atoms with Crippen molar-refractivity contribution in [3.05, 3.63) is 0 Å². The van der Waals surface area contributed by atoms with E-state index in [0.717, 1.165) is 52.0 Å². The third kappa shape index (κ3) is 14.5. The molecule has 0 aromatic heterocycles. The van der Waals surface area contributed by atoms with Gasteiger partial charge in [-0.25, -0.2) is 0 Å². The van der Waals surface area contributed by atoms with Crippen LogP contribution in [0.15, 0.2) is 0 Å². The molecule has 128 valence electrons. The Bertz CT molecular complexity index is 202. The standard InChI is InChI=1S/C16H36N2O3/c1-4-7-11-20-12-13-21-15-16(19)14-17-9-8-10-18(5-2)6-3/h16-17,19H,4-15H2,1-3H3. The Hall–Kier alpha value is -0.200. The zero-order chi connectivity index (χ0) is 15.8. The van der Waals surface area contributed by atoms with E-state index in [1.54, 1.807) is 0 Å². The lowest BCUT2D eigenvalue weighted by atomic mass is 10.3. The lowest BCUT2D eigenvalue weighted by molar-refractivity contribution is 0.00394. The van der Waals surface area contributed by atoms with Gasteiger partial charge >= 0.3 is 0 Å². The highest BCUT2D eigenvalue weighted by Crippen LogP contribution is 1.91. The number of unbranched alkanes of at least 4 members (excludes halogenated alkanes) is 1. The highest BCUT2D eigenvalue weighted by Gasteiger charge is 2.04. The normalized spacial score (nSPS) is 13.0. The predicted octanol–water partition coefficient (Wildman–Crippen LogP) is 1.50. The first kappa shape index (κ1) is 20.8. The molecule has 2 N–H and O–H groups in total. The van der Waals surface area contributed by atoms with Gasteiger partial charge < -0.3 is 24.8 Å². The maximum absolute atomic E-state index is 9.75. The van der Waals surface area contributed by atoms with E-state index in [9.17, 15) is 5.11 Å². The molecule has 0 radical (unpaired) electrons. The van der Waals surface area contributed by atoms with Crippen molar-refractivity contribution in [2.24, 2.45) is 0 Å². The van der Waals surface area contributed by atoms with Gasteiger partial charge in [-0.05, 0) is 39.0 Å². The molecule has 0 saturated heterocycles. The second-order valence-electron chi connectivity index (χ2n) is 5.28. The van der Waals surface area contributed by atoms with E-state index in [2.05, 4.69) is 31.0 Å². The monoisotopic (exact) mass is 304 g/mol. The van der Waals surface area contributed by atoms with Gasteiger partial charge in [-0.15, -0.1) is 0 Å². The third-order valence-electron chi connectivity index (χ3n) is 3.43. The number of rotatable bonds is 16. The summed E-state index contributed by atoms with van der Waals surface area (Å²) in [7, 11) is 0. The van der Waals surface area contributed by atoms with Crippen LogP contribution in [-0.4, -0.2) is 75.3 Å². The van der Waals surface area contributed by atoms with Crippen LogP contribution in [0.1, 0.15) is 40.0 Å². The number of hydrogen-bond acceptors (Lipinski definition) is 5.